The van der Waals surface area contributed by atoms with Gasteiger partial charge in [0.05, 0.1) is 0 Å². The van der Waals surface area contributed by atoms with Gasteiger partial charge < -0.3 is 4.74 Å². The van der Waals surface area contributed by atoms with Gasteiger partial charge in [0.25, 0.3) is 0 Å². The average Bonchev–Trinajstić information content (AvgIpc) is 2.51. The smallest absolute Gasteiger partial charge is 0.336 e. The van der Waals surface area contributed by atoms with Crippen LogP contribution in [-0.4, -0.2) is 5.97 Å². The molecule has 0 atom stereocenters. The van der Waals surface area contributed by atoms with Gasteiger partial charge in [0.2, 0.25) is 0 Å². The highest BCUT2D eigenvalue weighted by atomic mass is 19.2. The summed E-state index contributed by atoms with van der Waals surface area (Å²) in [5.41, 5.74) is 1.24. The molecule has 0 saturated heterocycles. The number of ether oxygens (including phenoxy) is 1. The van der Waals surface area contributed by atoms with Gasteiger partial charge in [-0.3, -0.25) is 0 Å². The zero-order chi connectivity index (χ0) is 15.9. The second-order valence-corrected chi connectivity index (χ2v) is 4.46. The van der Waals surface area contributed by atoms with E-state index in [-0.39, 0.29) is 0 Å². The summed E-state index contributed by atoms with van der Waals surface area (Å²) in [7, 11) is 0. The first kappa shape index (κ1) is 15.6. The number of hydrogen-bond donors (Lipinski definition) is 0. The zero-order valence-corrected chi connectivity index (χ0v) is 11.9. The fraction of sp³-hybridized carbons (Fsp3) is 0.0556. The molecule has 0 aliphatic heterocycles. The molecule has 0 aliphatic carbocycles. The Bertz CT molecular complexity index is 716. The van der Waals surface area contributed by atoms with Gasteiger partial charge in [-0.15, -0.1) is 0 Å². The zero-order valence-electron chi connectivity index (χ0n) is 11.9. The van der Waals surface area contributed by atoms with Crippen molar-refractivity contribution in [2.45, 2.75) is 6.92 Å². The average molecular weight is 300 g/mol. The minimum absolute atomic E-state index is 0.376. The molecule has 0 aromatic heterocycles. The predicted molar refractivity (Wildman–Crippen MR) is 81.4 cm³/mol. The van der Waals surface area contributed by atoms with Crippen LogP contribution in [0.2, 0.25) is 0 Å². The van der Waals surface area contributed by atoms with Crippen LogP contribution in [0, 0.1) is 11.6 Å². The van der Waals surface area contributed by atoms with Crippen molar-refractivity contribution in [2.75, 3.05) is 0 Å². The molecule has 2 rings (SSSR count). The molecule has 0 aliphatic rings. The van der Waals surface area contributed by atoms with Crippen LogP contribution in [0.5, 0.6) is 5.75 Å². The lowest BCUT2D eigenvalue weighted by Crippen LogP contribution is -2.03. The van der Waals surface area contributed by atoms with Crippen LogP contribution in [-0.2, 0) is 4.79 Å². The Balaban J connectivity index is 2.10. The Kier molecular flexibility index (Phi) is 5.20. The van der Waals surface area contributed by atoms with Gasteiger partial charge in [-0.2, -0.15) is 0 Å². The topological polar surface area (TPSA) is 26.3 Å². The summed E-state index contributed by atoms with van der Waals surface area (Å²) in [6.45, 7) is 1.84. The number of benzene rings is 2. The fourth-order valence-electron chi connectivity index (χ4n) is 1.79. The molecule has 0 spiro atoms. The van der Waals surface area contributed by atoms with Crippen LogP contribution >= 0.6 is 0 Å². The lowest BCUT2D eigenvalue weighted by atomic mass is 10.1. The highest BCUT2D eigenvalue weighted by Crippen LogP contribution is 2.24. The number of esters is 1. The Hall–Kier alpha value is -2.75. The molecular weight excluding hydrogens is 286 g/mol. The standard InChI is InChI=1S/C18H14F2O2/c1-2-3-4-5-18(21)22-15-9-6-13(7-10-15)14-8-11-16(19)17(20)12-14/h2-12H,1H3/b3-2+,5-4+. The Morgan fingerprint density at radius 1 is 0.955 bits per heavy atom. The first-order chi connectivity index (χ1) is 10.6. The van der Waals surface area contributed by atoms with E-state index in [1.807, 2.05) is 6.92 Å². The molecule has 2 aromatic rings. The minimum atomic E-state index is -0.901. The maximum atomic E-state index is 13.2. The summed E-state index contributed by atoms with van der Waals surface area (Å²) in [5, 5.41) is 0. The summed E-state index contributed by atoms with van der Waals surface area (Å²) in [5.74, 6) is -1.90. The molecule has 0 radical (unpaired) electrons. The highest BCUT2D eigenvalue weighted by molar-refractivity contribution is 5.84. The van der Waals surface area contributed by atoms with Gasteiger partial charge in [0.15, 0.2) is 11.6 Å². The van der Waals surface area contributed by atoms with Crippen molar-refractivity contribution < 1.29 is 18.3 Å². The van der Waals surface area contributed by atoms with Crippen molar-refractivity contribution in [3.8, 4) is 16.9 Å². The largest absolute Gasteiger partial charge is 0.423 e. The summed E-state index contributed by atoms with van der Waals surface area (Å²) in [4.78, 5) is 11.5. The Morgan fingerprint density at radius 2 is 1.64 bits per heavy atom. The van der Waals surface area contributed by atoms with Crippen molar-refractivity contribution in [3.63, 3.8) is 0 Å². The van der Waals surface area contributed by atoms with E-state index in [4.69, 9.17) is 4.74 Å². The number of carbonyl (C=O) groups is 1. The fourth-order valence-corrected chi connectivity index (χ4v) is 1.79. The molecule has 112 valence electrons. The third-order valence-electron chi connectivity index (χ3n) is 2.86. The van der Waals surface area contributed by atoms with Crippen LogP contribution in [0.4, 0.5) is 8.78 Å². The third kappa shape index (κ3) is 4.12. The molecule has 22 heavy (non-hydrogen) atoms. The van der Waals surface area contributed by atoms with Crippen LogP contribution in [0.25, 0.3) is 11.1 Å². The molecule has 0 amide bonds. The quantitative estimate of drug-likeness (QED) is 0.355. The Morgan fingerprint density at radius 3 is 2.27 bits per heavy atom. The van der Waals surface area contributed by atoms with E-state index < -0.39 is 17.6 Å². The molecule has 0 saturated carbocycles. The second-order valence-electron chi connectivity index (χ2n) is 4.46. The highest BCUT2D eigenvalue weighted by Gasteiger charge is 2.05. The number of rotatable bonds is 4. The lowest BCUT2D eigenvalue weighted by molar-refractivity contribution is -0.128. The van der Waals surface area contributed by atoms with E-state index in [9.17, 15) is 13.6 Å². The van der Waals surface area contributed by atoms with Crippen LogP contribution in [0.3, 0.4) is 0 Å². The molecule has 4 heteroatoms. The van der Waals surface area contributed by atoms with E-state index in [1.54, 1.807) is 42.5 Å². The first-order valence-corrected chi connectivity index (χ1v) is 6.67. The SMILES string of the molecule is C/C=C/C=C/C(=O)Oc1ccc(-c2ccc(F)c(F)c2)cc1. The third-order valence-corrected chi connectivity index (χ3v) is 2.86. The van der Waals surface area contributed by atoms with E-state index in [0.717, 1.165) is 12.1 Å². The summed E-state index contributed by atoms with van der Waals surface area (Å²) in [6, 6.07) is 10.2. The second kappa shape index (κ2) is 7.31. The summed E-state index contributed by atoms with van der Waals surface area (Å²) < 4.78 is 31.2. The molecule has 0 unspecified atom stereocenters. The normalized spacial score (nSPS) is 11.2. The van der Waals surface area contributed by atoms with Crippen LogP contribution in [0.15, 0.2) is 66.8 Å². The van der Waals surface area contributed by atoms with Gasteiger partial charge in [0.1, 0.15) is 5.75 Å². The van der Waals surface area contributed by atoms with E-state index in [1.165, 1.54) is 12.1 Å². The number of hydrogen-bond acceptors (Lipinski definition) is 2. The van der Waals surface area contributed by atoms with Crippen LogP contribution in [0.1, 0.15) is 6.92 Å². The van der Waals surface area contributed by atoms with E-state index in [0.29, 0.717) is 16.9 Å². The van der Waals surface area contributed by atoms with Crippen molar-refractivity contribution >= 4 is 5.97 Å². The number of halogens is 2. The molecule has 0 heterocycles. The molecule has 0 N–H and O–H groups in total. The number of carbonyl (C=O) groups excluding carboxylic acids is 1. The summed E-state index contributed by atoms with van der Waals surface area (Å²) in [6.07, 6.45) is 6.40. The molecule has 0 bridgehead atoms. The molecule has 2 aromatic carbocycles. The van der Waals surface area contributed by atoms with Crippen LogP contribution < -0.4 is 4.74 Å². The van der Waals surface area contributed by atoms with Gasteiger partial charge in [-0.1, -0.05) is 36.4 Å². The van der Waals surface area contributed by atoms with Crippen molar-refractivity contribution in [2.24, 2.45) is 0 Å². The van der Waals surface area contributed by atoms with Crippen molar-refractivity contribution in [3.05, 3.63) is 78.4 Å². The van der Waals surface area contributed by atoms with E-state index >= 15 is 0 Å². The monoisotopic (exact) mass is 300 g/mol. The van der Waals surface area contributed by atoms with Crippen molar-refractivity contribution in [1.29, 1.82) is 0 Å². The van der Waals surface area contributed by atoms with Gasteiger partial charge in [0, 0.05) is 6.08 Å². The van der Waals surface area contributed by atoms with Gasteiger partial charge in [-0.05, 0) is 42.3 Å². The first-order valence-electron chi connectivity index (χ1n) is 6.67. The Labute approximate surface area is 127 Å². The maximum Gasteiger partial charge on any atom is 0.336 e. The lowest BCUT2D eigenvalue weighted by Gasteiger charge is -2.05. The molecule has 0 fully saturated rings. The van der Waals surface area contributed by atoms with Gasteiger partial charge in [-0.25, -0.2) is 13.6 Å². The number of allylic oxidation sites excluding steroid dienone is 3. The van der Waals surface area contributed by atoms with E-state index in [2.05, 4.69) is 0 Å². The summed E-state index contributed by atoms with van der Waals surface area (Å²) >= 11 is 0. The maximum absolute atomic E-state index is 13.2. The predicted octanol–water partition coefficient (Wildman–Crippen LogP) is 4.67. The van der Waals surface area contributed by atoms with Crippen molar-refractivity contribution in [1.82, 2.24) is 0 Å². The van der Waals surface area contributed by atoms with Gasteiger partial charge >= 0.3 is 5.97 Å². The molecule has 2 nitrogen and oxygen atoms in total. The molecular formula is C18H14F2O2. The minimum Gasteiger partial charge on any atom is -0.423 e.